The molecule has 100 valence electrons. The number of hydrogen-bond acceptors (Lipinski definition) is 4. The van der Waals surface area contributed by atoms with Gasteiger partial charge in [-0.25, -0.2) is 8.78 Å². The maximum atomic E-state index is 12.9. The Morgan fingerprint density at radius 1 is 1.56 bits per heavy atom. The van der Waals surface area contributed by atoms with Gasteiger partial charge in [0.1, 0.15) is 11.4 Å². The van der Waals surface area contributed by atoms with E-state index in [2.05, 4.69) is 10.3 Å². The molecule has 0 saturated heterocycles. The highest BCUT2D eigenvalue weighted by atomic mass is 19.3. The van der Waals surface area contributed by atoms with E-state index >= 15 is 0 Å². The molecule has 18 heavy (non-hydrogen) atoms. The number of ether oxygens (including phenoxy) is 1. The van der Waals surface area contributed by atoms with Gasteiger partial charge in [-0.1, -0.05) is 0 Å². The van der Waals surface area contributed by atoms with Crippen LogP contribution >= 0.6 is 0 Å². The summed E-state index contributed by atoms with van der Waals surface area (Å²) in [5.41, 5.74) is 2.50. The molecule has 0 aromatic heterocycles. The monoisotopic (exact) mass is 259 g/mol. The van der Waals surface area contributed by atoms with Crippen LogP contribution in [-0.4, -0.2) is 24.4 Å². The molecule has 0 saturated carbocycles. The van der Waals surface area contributed by atoms with Gasteiger partial charge in [0.05, 0.1) is 19.4 Å². The predicted octanol–water partition coefficient (Wildman–Crippen LogP) is 2.28. The first-order valence-electron chi connectivity index (χ1n) is 5.53. The van der Waals surface area contributed by atoms with Crippen molar-refractivity contribution in [3.8, 4) is 5.75 Å². The Hall–Kier alpha value is -1.40. The second kappa shape index (κ2) is 4.70. The average molecular weight is 259 g/mol. The summed E-state index contributed by atoms with van der Waals surface area (Å²) in [7, 11) is 1.36. The van der Waals surface area contributed by atoms with Crippen LogP contribution in [0.2, 0.25) is 0 Å². The molecule has 1 heterocycles. The van der Waals surface area contributed by atoms with E-state index in [9.17, 15) is 13.9 Å². The van der Waals surface area contributed by atoms with Crippen LogP contribution in [0, 0.1) is 0 Å². The van der Waals surface area contributed by atoms with Crippen LogP contribution in [-0.2, 0) is 11.3 Å². The molecule has 1 aliphatic heterocycles. The quantitative estimate of drug-likeness (QED) is 0.814. The predicted molar refractivity (Wildman–Crippen MR) is 61.9 cm³/mol. The molecule has 2 rings (SSSR count). The summed E-state index contributed by atoms with van der Waals surface area (Å²) >= 11 is 0. The van der Waals surface area contributed by atoms with E-state index < -0.39 is 12.0 Å². The minimum Gasteiger partial charge on any atom is -0.485 e. The lowest BCUT2D eigenvalue weighted by Crippen LogP contribution is -2.34. The molecule has 0 spiro atoms. The fourth-order valence-electron chi connectivity index (χ4n) is 2.05. The Bertz CT molecular complexity index is 453. The van der Waals surface area contributed by atoms with Gasteiger partial charge in [-0.2, -0.15) is 0 Å². The van der Waals surface area contributed by atoms with Crippen molar-refractivity contribution in [3.05, 3.63) is 23.3 Å². The van der Waals surface area contributed by atoms with Crippen molar-refractivity contribution in [1.82, 2.24) is 0 Å². The smallest absolute Gasteiger partial charge is 0.266 e. The van der Waals surface area contributed by atoms with Gasteiger partial charge in [-0.15, -0.1) is 0 Å². The number of nitrogens with one attached hydrogen (secondary N) is 1. The number of alkyl halides is 2. The highest BCUT2D eigenvalue weighted by molar-refractivity contribution is 5.59. The average Bonchev–Trinajstić information content (AvgIpc) is 2.64. The Kier molecular flexibility index (Phi) is 3.41. The lowest BCUT2D eigenvalue weighted by Gasteiger charge is -2.20. The summed E-state index contributed by atoms with van der Waals surface area (Å²) in [6, 6.07) is 2.86. The largest absolute Gasteiger partial charge is 0.485 e. The molecule has 0 amide bonds. The lowest BCUT2D eigenvalue weighted by molar-refractivity contribution is 0.0444. The van der Waals surface area contributed by atoms with E-state index in [-0.39, 0.29) is 17.9 Å². The minimum atomic E-state index is -2.63. The number of halogens is 2. The van der Waals surface area contributed by atoms with Crippen molar-refractivity contribution in [2.75, 3.05) is 19.2 Å². The first-order valence-corrected chi connectivity index (χ1v) is 5.53. The van der Waals surface area contributed by atoms with E-state index in [4.69, 9.17) is 4.74 Å². The van der Waals surface area contributed by atoms with E-state index in [0.717, 1.165) is 5.56 Å². The number of rotatable bonds is 4. The molecule has 1 aliphatic rings. The van der Waals surface area contributed by atoms with E-state index in [1.165, 1.54) is 13.2 Å². The molecular formula is C12H15F2NO3. The third kappa shape index (κ3) is 2.26. The topological polar surface area (TPSA) is 50.7 Å². The molecule has 1 aromatic rings. The normalized spacial score (nSPS) is 21.9. The van der Waals surface area contributed by atoms with Crippen LogP contribution < -0.4 is 10.2 Å². The van der Waals surface area contributed by atoms with Gasteiger partial charge < -0.3 is 9.84 Å². The molecule has 0 bridgehead atoms. The summed E-state index contributed by atoms with van der Waals surface area (Å²) in [6.07, 6.45) is -2.15. The van der Waals surface area contributed by atoms with Crippen molar-refractivity contribution in [2.45, 2.75) is 25.4 Å². The highest BCUT2D eigenvalue weighted by Gasteiger charge is 2.35. The Balaban J connectivity index is 2.40. The van der Waals surface area contributed by atoms with Crippen molar-refractivity contribution in [3.63, 3.8) is 0 Å². The first kappa shape index (κ1) is 13.0. The van der Waals surface area contributed by atoms with Gasteiger partial charge in [-0.3, -0.25) is 10.3 Å². The lowest BCUT2D eigenvalue weighted by atomic mass is 9.99. The van der Waals surface area contributed by atoms with Crippen molar-refractivity contribution >= 4 is 5.69 Å². The molecule has 1 aromatic carbocycles. The molecule has 0 aliphatic carbocycles. The third-order valence-electron chi connectivity index (χ3n) is 2.93. The number of anilines is 1. The van der Waals surface area contributed by atoms with Crippen molar-refractivity contribution < 1.29 is 23.5 Å². The summed E-state index contributed by atoms with van der Waals surface area (Å²) in [4.78, 5) is 4.68. The van der Waals surface area contributed by atoms with Gasteiger partial charge in [0.2, 0.25) is 0 Å². The van der Waals surface area contributed by atoms with Gasteiger partial charge in [0.25, 0.3) is 6.43 Å². The SMILES string of the molecule is CONc1cc2c(cc1C(F)F)OC(C)(CO)C2. The number of aliphatic hydroxyl groups is 1. The van der Waals surface area contributed by atoms with Gasteiger partial charge in [0, 0.05) is 17.5 Å². The Morgan fingerprint density at radius 3 is 2.83 bits per heavy atom. The van der Waals surface area contributed by atoms with Crippen molar-refractivity contribution in [2.24, 2.45) is 0 Å². The zero-order valence-corrected chi connectivity index (χ0v) is 10.2. The van der Waals surface area contributed by atoms with Crippen molar-refractivity contribution in [1.29, 1.82) is 0 Å². The van der Waals surface area contributed by atoms with Crippen LogP contribution in [0.1, 0.15) is 24.5 Å². The number of hydrogen-bond donors (Lipinski definition) is 2. The highest BCUT2D eigenvalue weighted by Crippen LogP contribution is 2.40. The fraction of sp³-hybridized carbons (Fsp3) is 0.500. The standard InChI is InChI=1S/C12H15F2NO3/c1-12(6-16)5-7-3-9(15-17-2)8(11(13)14)4-10(7)18-12/h3-4,11,15-16H,5-6H2,1-2H3. The Labute approximate surface area is 103 Å². The second-order valence-electron chi connectivity index (χ2n) is 4.54. The van der Waals surface area contributed by atoms with Gasteiger partial charge in [-0.05, 0) is 19.1 Å². The molecule has 1 unspecified atom stereocenters. The van der Waals surface area contributed by atoms with E-state index in [1.54, 1.807) is 13.0 Å². The van der Waals surface area contributed by atoms with Crippen LogP contribution in [0.3, 0.4) is 0 Å². The Morgan fingerprint density at radius 2 is 2.28 bits per heavy atom. The molecule has 6 heteroatoms. The van der Waals surface area contributed by atoms with Crippen LogP contribution in [0.4, 0.5) is 14.5 Å². The molecule has 4 nitrogen and oxygen atoms in total. The molecule has 0 fully saturated rings. The molecule has 1 atom stereocenters. The minimum absolute atomic E-state index is 0.168. The van der Waals surface area contributed by atoms with E-state index in [1.807, 2.05) is 0 Å². The summed E-state index contributed by atoms with van der Waals surface area (Å²) in [5, 5.41) is 9.24. The second-order valence-corrected chi connectivity index (χ2v) is 4.54. The fourth-order valence-corrected chi connectivity index (χ4v) is 2.05. The van der Waals surface area contributed by atoms with Gasteiger partial charge in [0.15, 0.2) is 0 Å². The third-order valence-corrected chi connectivity index (χ3v) is 2.93. The number of aliphatic hydroxyl groups excluding tert-OH is 1. The molecular weight excluding hydrogens is 244 g/mol. The molecule has 2 N–H and O–H groups in total. The van der Waals surface area contributed by atoms with E-state index in [0.29, 0.717) is 12.2 Å². The van der Waals surface area contributed by atoms with Crippen LogP contribution in [0.5, 0.6) is 5.75 Å². The van der Waals surface area contributed by atoms with Crippen LogP contribution in [0.25, 0.3) is 0 Å². The summed E-state index contributed by atoms with van der Waals surface area (Å²) in [5.74, 6) is 0.392. The van der Waals surface area contributed by atoms with Gasteiger partial charge >= 0.3 is 0 Å². The van der Waals surface area contributed by atoms with Crippen LogP contribution in [0.15, 0.2) is 12.1 Å². The summed E-state index contributed by atoms with van der Waals surface area (Å²) in [6.45, 7) is 1.57. The maximum absolute atomic E-state index is 12.9. The maximum Gasteiger partial charge on any atom is 0.266 e. The number of benzene rings is 1. The summed E-state index contributed by atoms with van der Waals surface area (Å²) < 4.78 is 31.3. The zero-order valence-electron chi connectivity index (χ0n) is 10.2. The zero-order chi connectivity index (χ0) is 13.3. The first-order chi connectivity index (χ1) is 8.49. The number of fused-ring (bicyclic) bond motifs is 1. The molecule has 0 radical (unpaired) electrons.